The molecule has 0 saturated heterocycles. The number of rotatable bonds is 2. The first kappa shape index (κ1) is 10.0. The zero-order valence-electron chi connectivity index (χ0n) is 8.20. The first-order valence-electron chi connectivity index (χ1n) is 4.50. The molecule has 0 radical (unpaired) electrons. The molecule has 2 N–H and O–H groups in total. The molecule has 0 aliphatic carbocycles. The zero-order valence-corrected chi connectivity index (χ0v) is 8.20. The number of pyridine rings is 2. The molecule has 0 saturated carbocycles. The summed E-state index contributed by atoms with van der Waals surface area (Å²) >= 11 is 0. The lowest BCUT2D eigenvalue weighted by Gasteiger charge is -2.03. The van der Waals surface area contributed by atoms with E-state index in [0.717, 1.165) is 0 Å². The van der Waals surface area contributed by atoms with E-state index in [1.54, 1.807) is 12.1 Å². The van der Waals surface area contributed by atoms with Gasteiger partial charge in [0.1, 0.15) is 5.69 Å². The van der Waals surface area contributed by atoms with Crippen molar-refractivity contribution in [1.82, 2.24) is 9.97 Å². The lowest BCUT2D eigenvalue weighted by molar-refractivity contribution is -0.384. The molecule has 2 aromatic heterocycles. The van der Waals surface area contributed by atoms with Crippen molar-refractivity contribution in [2.75, 3.05) is 5.73 Å². The highest BCUT2D eigenvalue weighted by molar-refractivity contribution is 5.75. The SMILES string of the molecule is Nc1cccnc1-c1ncccc1[N+](=O)[O-]. The summed E-state index contributed by atoms with van der Waals surface area (Å²) in [5.41, 5.74) is 6.47. The van der Waals surface area contributed by atoms with Crippen LogP contribution in [0.5, 0.6) is 0 Å². The monoisotopic (exact) mass is 216 g/mol. The standard InChI is InChI=1S/C10H8N4O2/c11-7-3-1-5-12-9(7)10-8(14(15)16)4-2-6-13-10/h1-6H,11H2. The summed E-state index contributed by atoms with van der Waals surface area (Å²) in [5, 5.41) is 10.8. The normalized spacial score (nSPS) is 10.0. The Labute approximate surface area is 90.9 Å². The molecule has 2 aromatic rings. The van der Waals surface area contributed by atoms with E-state index in [4.69, 9.17) is 5.73 Å². The van der Waals surface area contributed by atoms with Crippen molar-refractivity contribution in [2.45, 2.75) is 0 Å². The quantitative estimate of drug-likeness (QED) is 0.608. The van der Waals surface area contributed by atoms with Crippen LogP contribution in [0, 0.1) is 10.1 Å². The van der Waals surface area contributed by atoms with E-state index in [1.165, 1.54) is 24.5 Å². The third kappa shape index (κ3) is 1.68. The van der Waals surface area contributed by atoms with Gasteiger partial charge >= 0.3 is 0 Å². The average molecular weight is 216 g/mol. The number of anilines is 1. The molecule has 0 aromatic carbocycles. The van der Waals surface area contributed by atoms with E-state index in [2.05, 4.69) is 9.97 Å². The van der Waals surface area contributed by atoms with Gasteiger partial charge in [0.05, 0.1) is 10.6 Å². The molecular formula is C10H8N4O2. The lowest BCUT2D eigenvalue weighted by atomic mass is 10.2. The minimum absolute atomic E-state index is 0.104. The van der Waals surface area contributed by atoms with Crippen LogP contribution in [-0.4, -0.2) is 14.9 Å². The summed E-state index contributed by atoms with van der Waals surface area (Å²) in [6.07, 6.45) is 2.99. The maximum absolute atomic E-state index is 10.8. The molecule has 0 aliphatic heterocycles. The van der Waals surface area contributed by atoms with Gasteiger partial charge in [-0.25, -0.2) is 4.98 Å². The Bertz CT molecular complexity index is 542. The van der Waals surface area contributed by atoms with Crippen LogP contribution in [-0.2, 0) is 0 Å². The Morgan fingerprint density at radius 2 is 1.75 bits per heavy atom. The molecule has 0 spiro atoms. The van der Waals surface area contributed by atoms with Crippen LogP contribution in [0.1, 0.15) is 0 Å². The van der Waals surface area contributed by atoms with E-state index in [-0.39, 0.29) is 11.4 Å². The maximum Gasteiger partial charge on any atom is 0.297 e. The predicted octanol–water partition coefficient (Wildman–Crippen LogP) is 1.63. The van der Waals surface area contributed by atoms with Crippen molar-refractivity contribution in [3.8, 4) is 11.4 Å². The molecule has 2 rings (SSSR count). The van der Waals surface area contributed by atoms with Gasteiger partial charge in [0.15, 0.2) is 5.69 Å². The molecule has 0 aliphatic rings. The summed E-state index contributed by atoms with van der Waals surface area (Å²) in [7, 11) is 0. The second kappa shape index (κ2) is 3.93. The van der Waals surface area contributed by atoms with Crippen LogP contribution < -0.4 is 5.73 Å². The molecule has 0 fully saturated rings. The van der Waals surface area contributed by atoms with E-state index in [1.807, 2.05) is 0 Å². The maximum atomic E-state index is 10.8. The molecule has 80 valence electrons. The number of aromatic nitrogens is 2. The highest BCUT2D eigenvalue weighted by Crippen LogP contribution is 2.28. The highest BCUT2D eigenvalue weighted by atomic mass is 16.6. The number of nitrogen functional groups attached to an aromatic ring is 1. The molecule has 16 heavy (non-hydrogen) atoms. The van der Waals surface area contributed by atoms with Gasteiger partial charge in [-0.1, -0.05) is 0 Å². The Balaban J connectivity index is 2.65. The summed E-state index contributed by atoms with van der Waals surface area (Å²) in [6.45, 7) is 0. The Morgan fingerprint density at radius 3 is 2.38 bits per heavy atom. The number of nitrogens with zero attached hydrogens (tertiary/aromatic N) is 3. The van der Waals surface area contributed by atoms with Crippen LogP contribution in [0.25, 0.3) is 11.4 Å². The molecular weight excluding hydrogens is 208 g/mol. The van der Waals surface area contributed by atoms with Crippen LogP contribution in [0.2, 0.25) is 0 Å². The number of hydrogen-bond donors (Lipinski definition) is 1. The third-order valence-corrected chi connectivity index (χ3v) is 2.05. The summed E-state index contributed by atoms with van der Waals surface area (Å²) in [6, 6.07) is 6.16. The number of hydrogen-bond acceptors (Lipinski definition) is 5. The highest BCUT2D eigenvalue weighted by Gasteiger charge is 2.18. The van der Waals surface area contributed by atoms with Crippen molar-refractivity contribution in [3.05, 3.63) is 46.8 Å². The van der Waals surface area contributed by atoms with Gasteiger partial charge in [0, 0.05) is 18.5 Å². The summed E-state index contributed by atoms with van der Waals surface area (Å²) < 4.78 is 0. The van der Waals surface area contributed by atoms with Crippen LogP contribution in [0.4, 0.5) is 11.4 Å². The zero-order chi connectivity index (χ0) is 11.5. The second-order valence-corrected chi connectivity index (χ2v) is 3.07. The molecule has 0 atom stereocenters. The van der Waals surface area contributed by atoms with Crippen LogP contribution in [0.3, 0.4) is 0 Å². The largest absolute Gasteiger partial charge is 0.397 e. The number of nitrogens with two attached hydrogens (primary N) is 1. The number of nitro groups is 1. The topological polar surface area (TPSA) is 94.9 Å². The van der Waals surface area contributed by atoms with Gasteiger partial charge in [-0.15, -0.1) is 0 Å². The molecule has 6 heteroatoms. The predicted molar refractivity (Wildman–Crippen MR) is 58.5 cm³/mol. The van der Waals surface area contributed by atoms with Crippen LogP contribution in [0.15, 0.2) is 36.7 Å². The van der Waals surface area contributed by atoms with Gasteiger partial charge in [0.2, 0.25) is 0 Å². The molecule has 0 unspecified atom stereocenters. The lowest BCUT2D eigenvalue weighted by Crippen LogP contribution is -1.98. The van der Waals surface area contributed by atoms with Crippen molar-refractivity contribution >= 4 is 11.4 Å². The fraction of sp³-hybridized carbons (Fsp3) is 0. The van der Waals surface area contributed by atoms with Crippen LogP contribution >= 0.6 is 0 Å². The van der Waals surface area contributed by atoms with Gasteiger partial charge in [-0.05, 0) is 18.2 Å². The molecule has 0 bridgehead atoms. The fourth-order valence-electron chi connectivity index (χ4n) is 1.34. The molecule has 6 nitrogen and oxygen atoms in total. The summed E-state index contributed by atoms with van der Waals surface area (Å²) in [4.78, 5) is 18.2. The van der Waals surface area contributed by atoms with E-state index >= 15 is 0 Å². The average Bonchev–Trinajstić information content (AvgIpc) is 2.29. The summed E-state index contributed by atoms with van der Waals surface area (Å²) in [5.74, 6) is 0. The first-order valence-corrected chi connectivity index (χ1v) is 4.50. The van der Waals surface area contributed by atoms with Crippen molar-refractivity contribution in [3.63, 3.8) is 0 Å². The van der Waals surface area contributed by atoms with E-state index in [0.29, 0.717) is 11.4 Å². The van der Waals surface area contributed by atoms with E-state index in [9.17, 15) is 10.1 Å². The van der Waals surface area contributed by atoms with Gasteiger partial charge in [0.25, 0.3) is 5.69 Å². The van der Waals surface area contributed by atoms with Crippen molar-refractivity contribution < 1.29 is 4.92 Å². The van der Waals surface area contributed by atoms with Gasteiger partial charge in [-0.2, -0.15) is 0 Å². The Hall–Kier alpha value is -2.50. The van der Waals surface area contributed by atoms with Gasteiger partial charge < -0.3 is 5.73 Å². The first-order chi connectivity index (χ1) is 7.70. The van der Waals surface area contributed by atoms with Gasteiger partial charge in [-0.3, -0.25) is 15.1 Å². The van der Waals surface area contributed by atoms with E-state index < -0.39 is 4.92 Å². The fourth-order valence-corrected chi connectivity index (χ4v) is 1.34. The van der Waals surface area contributed by atoms with Crippen molar-refractivity contribution in [2.24, 2.45) is 0 Å². The minimum Gasteiger partial charge on any atom is -0.397 e. The Kier molecular flexibility index (Phi) is 2.47. The third-order valence-electron chi connectivity index (χ3n) is 2.05. The Morgan fingerprint density at radius 1 is 1.12 bits per heavy atom. The smallest absolute Gasteiger partial charge is 0.297 e. The molecule has 0 amide bonds. The second-order valence-electron chi connectivity index (χ2n) is 3.07. The van der Waals surface area contributed by atoms with Crippen molar-refractivity contribution in [1.29, 1.82) is 0 Å². The molecule has 2 heterocycles. The minimum atomic E-state index is -0.504.